The number of fused-ring (bicyclic) bond motifs is 1. The van der Waals surface area contributed by atoms with Crippen LogP contribution in [0.1, 0.15) is 77.2 Å². The maximum atomic E-state index is 2.67. The van der Waals surface area contributed by atoms with Gasteiger partial charge in [0.25, 0.3) is 0 Å². The van der Waals surface area contributed by atoms with Crippen molar-refractivity contribution in [1.29, 1.82) is 0 Å². The molecule has 0 aromatic heterocycles. The Bertz CT molecular complexity index is 794. The van der Waals surface area contributed by atoms with Gasteiger partial charge in [-0.3, -0.25) is 0 Å². The lowest BCUT2D eigenvalue weighted by molar-refractivity contribution is 0.121. The van der Waals surface area contributed by atoms with Crippen LogP contribution in [0.3, 0.4) is 0 Å². The van der Waals surface area contributed by atoms with E-state index < -0.39 is 0 Å². The minimum absolute atomic E-state index is 0.284. The quantitative estimate of drug-likeness (QED) is 0.561. The first-order valence-electron chi connectivity index (χ1n) is 11.7. The molecule has 2 aliphatic carbocycles. The van der Waals surface area contributed by atoms with Crippen molar-refractivity contribution >= 4 is 5.69 Å². The Morgan fingerprint density at radius 2 is 1.46 bits per heavy atom. The van der Waals surface area contributed by atoms with Crippen LogP contribution in [0.25, 0.3) is 0 Å². The Hall–Kier alpha value is -1.70. The molecule has 0 amide bonds. The second kappa shape index (κ2) is 6.97. The second-order valence-electron chi connectivity index (χ2n) is 9.69. The highest BCUT2D eigenvalue weighted by atomic mass is 15.4. The first-order chi connectivity index (χ1) is 13.6. The normalized spacial score (nSPS) is 31.3. The first-order valence-corrected chi connectivity index (χ1v) is 11.7. The van der Waals surface area contributed by atoms with Crippen LogP contribution in [0.15, 0.2) is 47.9 Å². The van der Waals surface area contributed by atoms with E-state index in [9.17, 15) is 0 Å². The van der Waals surface area contributed by atoms with Gasteiger partial charge in [0, 0.05) is 28.7 Å². The van der Waals surface area contributed by atoms with E-state index in [4.69, 9.17) is 0 Å². The van der Waals surface area contributed by atoms with Gasteiger partial charge in [-0.1, -0.05) is 56.4 Å². The van der Waals surface area contributed by atoms with E-state index >= 15 is 0 Å². The summed E-state index contributed by atoms with van der Waals surface area (Å²) in [5.41, 5.74) is 6.20. The van der Waals surface area contributed by atoms with Crippen molar-refractivity contribution < 1.29 is 0 Å². The van der Waals surface area contributed by atoms with Crippen LogP contribution in [0.2, 0.25) is 0 Å². The number of para-hydroxylation sites is 1. The van der Waals surface area contributed by atoms with E-state index in [1.54, 1.807) is 5.70 Å². The standard InChI is InChI=1S/C26H36N2/c1-19-11-7-10-16-24(19)28-20(2)25-26(23-14-8-9-15-23,17-18-27(25)21(28)3)22-12-5-4-6-13-22/h7,10-11,16-18,21-23H,4-6,8-9,12-15H2,1-3H3. The number of hydrogen-bond acceptors (Lipinski definition) is 2. The smallest absolute Gasteiger partial charge is 0.107 e. The number of aryl methyl sites for hydroxylation is 1. The molecule has 5 rings (SSSR count). The van der Waals surface area contributed by atoms with Gasteiger partial charge in [-0.15, -0.1) is 0 Å². The van der Waals surface area contributed by atoms with Crippen LogP contribution < -0.4 is 4.90 Å². The van der Waals surface area contributed by atoms with Crippen molar-refractivity contribution in [2.24, 2.45) is 17.3 Å². The Labute approximate surface area is 171 Å². The summed E-state index contributed by atoms with van der Waals surface area (Å²) in [6.45, 7) is 7.04. The van der Waals surface area contributed by atoms with E-state index in [-0.39, 0.29) is 5.41 Å². The van der Waals surface area contributed by atoms with Gasteiger partial charge in [-0.25, -0.2) is 0 Å². The van der Waals surface area contributed by atoms with Crippen LogP contribution >= 0.6 is 0 Å². The monoisotopic (exact) mass is 376 g/mol. The molecule has 2 aliphatic heterocycles. The van der Waals surface area contributed by atoms with Gasteiger partial charge in [-0.2, -0.15) is 0 Å². The van der Waals surface area contributed by atoms with Crippen molar-refractivity contribution in [3.05, 3.63) is 53.5 Å². The first kappa shape index (κ1) is 18.3. The van der Waals surface area contributed by atoms with Crippen LogP contribution in [-0.2, 0) is 0 Å². The molecule has 2 unspecified atom stereocenters. The van der Waals surface area contributed by atoms with Crippen LogP contribution in [0.5, 0.6) is 0 Å². The fraction of sp³-hybridized carbons (Fsp3) is 0.615. The third-order valence-corrected chi connectivity index (χ3v) is 8.35. The predicted octanol–water partition coefficient (Wildman–Crippen LogP) is 6.98. The summed E-state index contributed by atoms with van der Waals surface area (Å²) in [6.07, 6.45) is 18.3. The molecule has 4 aliphatic rings. The lowest BCUT2D eigenvalue weighted by atomic mass is 9.60. The molecule has 0 saturated heterocycles. The molecule has 1 aromatic rings. The minimum Gasteiger partial charge on any atom is -0.328 e. The van der Waals surface area contributed by atoms with Gasteiger partial charge in [0.15, 0.2) is 0 Å². The maximum Gasteiger partial charge on any atom is 0.107 e. The largest absolute Gasteiger partial charge is 0.328 e. The SMILES string of the molecule is CC1=C2N(C=CC2(C2CCCCC2)C2CCCC2)C(C)N1c1ccccc1C. The molecule has 2 heterocycles. The Morgan fingerprint density at radius 3 is 2.11 bits per heavy atom. The third-order valence-electron chi connectivity index (χ3n) is 8.35. The van der Waals surface area contributed by atoms with Gasteiger partial charge in [0.05, 0.1) is 0 Å². The highest BCUT2D eigenvalue weighted by molar-refractivity contribution is 5.62. The van der Waals surface area contributed by atoms with Gasteiger partial charge < -0.3 is 9.80 Å². The fourth-order valence-electron chi connectivity index (χ4n) is 7.10. The highest BCUT2D eigenvalue weighted by Crippen LogP contribution is 2.61. The fourth-order valence-corrected chi connectivity index (χ4v) is 7.10. The molecule has 2 saturated carbocycles. The molecular weight excluding hydrogens is 340 g/mol. The number of allylic oxidation sites excluding steroid dienone is 2. The van der Waals surface area contributed by atoms with Gasteiger partial charge in [0.2, 0.25) is 0 Å². The molecule has 2 nitrogen and oxygen atoms in total. The van der Waals surface area contributed by atoms with Crippen LogP contribution in [0, 0.1) is 24.2 Å². The third kappa shape index (κ3) is 2.52. The van der Waals surface area contributed by atoms with Crippen LogP contribution in [-0.4, -0.2) is 11.1 Å². The molecular formula is C26H36N2. The molecule has 28 heavy (non-hydrogen) atoms. The summed E-state index contributed by atoms with van der Waals surface area (Å²) in [5.74, 6) is 1.67. The molecule has 2 fully saturated rings. The maximum absolute atomic E-state index is 2.67. The number of rotatable bonds is 3. The van der Waals surface area contributed by atoms with E-state index in [1.165, 1.54) is 74.7 Å². The second-order valence-corrected chi connectivity index (χ2v) is 9.69. The van der Waals surface area contributed by atoms with E-state index in [2.05, 4.69) is 67.1 Å². The molecule has 0 spiro atoms. The minimum atomic E-state index is 0.284. The van der Waals surface area contributed by atoms with E-state index in [0.717, 1.165) is 11.8 Å². The zero-order valence-electron chi connectivity index (χ0n) is 18.0. The number of hydrogen-bond donors (Lipinski definition) is 0. The number of anilines is 1. The van der Waals surface area contributed by atoms with Crippen LogP contribution in [0.4, 0.5) is 5.69 Å². The van der Waals surface area contributed by atoms with Crippen molar-refractivity contribution in [3.63, 3.8) is 0 Å². The average molecular weight is 377 g/mol. The predicted molar refractivity (Wildman–Crippen MR) is 118 cm³/mol. The lowest BCUT2D eigenvalue weighted by Gasteiger charge is -2.45. The summed E-state index contributed by atoms with van der Waals surface area (Å²) in [4.78, 5) is 5.25. The Morgan fingerprint density at radius 1 is 0.857 bits per heavy atom. The summed E-state index contributed by atoms with van der Waals surface area (Å²) >= 11 is 0. The summed E-state index contributed by atoms with van der Waals surface area (Å²) in [6, 6.07) is 8.91. The van der Waals surface area contributed by atoms with E-state index in [0.29, 0.717) is 6.17 Å². The highest BCUT2D eigenvalue weighted by Gasteiger charge is 2.55. The van der Waals surface area contributed by atoms with Gasteiger partial charge in [-0.05, 0) is 69.9 Å². The van der Waals surface area contributed by atoms with Crippen molar-refractivity contribution in [2.75, 3.05) is 4.90 Å². The van der Waals surface area contributed by atoms with Crippen molar-refractivity contribution in [1.82, 2.24) is 4.90 Å². The van der Waals surface area contributed by atoms with Crippen molar-refractivity contribution in [2.45, 2.75) is 84.7 Å². The average Bonchev–Trinajstić information content (AvgIpc) is 3.43. The molecule has 150 valence electrons. The molecule has 0 radical (unpaired) electrons. The summed E-state index contributed by atoms with van der Waals surface area (Å²) < 4.78 is 0. The number of nitrogens with zero attached hydrogens (tertiary/aromatic N) is 2. The zero-order chi connectivity index (χ0) is 19.3. The molecule has 1 aromatic carbocycles. The molecule has 0 N–H and O–H groups in total. The zero-order valence-corrected chi connectivity index (χ0v) is 18.0. The Kier molecular flexibility index (Phi) is 4.56. The van der Waals surface area contributed by atoms with Gasteiger partial charge >= 0.3 is 0 Å². The molecule has 0 bridgehead atoms. The van der Waals surface area contributed by atoms with Crippen molar-refractivity contribution in [3.8, 4) is 0 Å². The van der Waals surface area contributed by atoms with E-state index in [1.807, 2.05) is 0 Å². The summed E-state index contributed by atoms with van der Waals surface area (Å²) in [7, 11) is 0. The Balaban J connectivity index is 1.63. The van der Waals surface area contributed by atoms with Gasteiger partial charge in [0.1, 0.15) is 6.17 Å². The number of benzene rings is 1. The molecule has 2 atom stereocenters. The molecule has 2 heteroatoms. The lowest BCUT2D eigenvalue weighted by Crippen LogP contribution is -2.40. The topological polar surface area (TPSA) is 6.48 Å². The summed E-state index contributed by atoms with van der Waals surface area (Å²) in [5, 5.41) is 0.